The number of benzene rings is 1. The zero-order valence-corrected chi connectivity index (χ0v) is 11.1. The maximum absolute atomic E-state index is 12.9. The second-order valence-corrected chi connectivity index (χ2v) is 4.49. The van der Waals surface area contributed by atoms with E-state index in [4.69, 9.17) is 16.3 Å². The van der Waals surface area contributed by atoms with Gasteiger partial charge in [0.2, 0.25) is 11.2 Å². The van der Waals surface area contributed by atoms with Crippen LogP contribution in [-0.2, 0) is 0 Å². The molecule has 0 bridgehead atoms. The minimum Gasteiger partial charge on any atom is -0.438 e. The molecule has 6 heteroatoms. The van der Waals surface area contributed by atoms with Crippen molar-refractivity contribution in [1.29, 1.82) is 0 Å². The number of halogens is 3. The molecule has 3 nitrogen and oxygen atoms in total. The minimum absolute atomic E-state index is 0.109. The van der Waals surface area contributed by atoms with Crippen molar-refractivity contribution >= 4 is 27.5 Å². The Labute approximate surface area is 111 Å². The van der Waals surface area contributed by atoms with E-state index in [9.17, 15) is 4.39 Å². The third-order valence-electron chi connectivity index (χ3n) is 1.91. The first-order chi connectivity index (χ1) is 8.04. The third kappa shape index (κ3) is 3.14. The number of aryl methyl sites for hydroxylation is 1. The summed E-state index contributed by atoms with van der Waals surface area (Å²) in [6.07, 6.45) is 0. The third-order valence-corrected chi connectivity index (χ3v) is 2.70. The van der Waals surface area contributed by atoms with Crippen LogP contribution in [0.2, 0.25) is 5.28 Å². The molecule has 1 heterocycles. The van der Waals surface area contributed by atoms with Gasteiger partial charge in [-0.05, 0) is 52.7 Å². The summed E-state index contributed by atoms with van der Waals surface area (Å²) in [6.45, 7) is 1.78. The van der Waals surface area contributed by atoms with Gasteiger partial charge in [-0.2, -0.15) is 4.98 Å². The van der Waals surface area contributed by atoms with Crippen LogP contribution >= 0.6 is 27.5 Å². The predicted molar refractivity (Wildman–Crippen MR) is 66.0 cm³/mol. The summed E-state index contributed by atoms with van der Waals surface area (Å²) in [5, 5.41) is 0.109. The van der Waals surface area contributed by atoms with Gasteiger partial charge >= 0.3 is 0 Å². The maximum atomic E-state index is 12.9. The van der Waals surface area contributed by atoms with Gasteiger partial charge in [0.15, 0.2) is 0 Å². The van der Waals surface area contributed by atoms with E-state index >= 15 is 0 Å². The normalized spacial score (nSPS) is 10.4. The van der Waals surface area contributed by atoms with Crippen LogP contribution in [0.4, 0.5) is 4.39 Å². The summed E-state index contributed by atoms with van der Waals surface area (Å²) >= 11 is 8.91. The van der Waals surface area contributed by atoms with Crippen molar-refractivity contribution in [3.05, 3.63) is 45.5 Å². The lowest BCUT2D eigenvalue weighted by Crippen LogP contribution is -1.93. The highest BCUT2D eigenvalue weighted by atomic mass is 79.9. The zero-order chi connectivity index (χ0) is 12.4. The molecule has 2 aromatic rings. The topological polar surface area (TPSA) is 35.0 Å². The largest absolute Gasteiger partial charge is 0.438 e. The highest BCUT2D eigenvalue weighted by molar-refractivity contribution is 9.10. The molecule has 0 saturated heterocycles. The lowest BCUT2D eigenvalue weighted by Gasteiger charge is -2.07. The van der Waals surface area contributed by atoms with Crippen LogP contribution in [0.15, 0.2) is 28.7 Å². The van der Waals surface area contributed by atoms with E-state index in [1.54, 1.807) is 13.0 Å². The molecule has 0 radical (unpaired) electrons. The summed E-state index contributed by atoms with van der Waals surface area (Å²) in [6, 6.07) is 5.76. The van der Waals surface area contributed by atoms with Gasteiger partial charge in [0, 0.05) is 11.8 Å². The summed E-state index contributed by atoms with van der Waals surface area (Å²) in [5.74, 6) is 0.427. The van der Waals surface area contributed by atoms with Crippen LogP contribution in [0.5, 0.6) is 11.6 Å². The number of aromatic nitrogens is 2. The Kier molecular flexibility index (Phi) is 3.59. The molecule has 0 amide bonds. The van der Waals surface area contributed by atoms with Crippen molar-refractivity contribution < 1.29 is 9.13 Å². The minimum atomic E-state index is -0.346. The molecule has 0 atom stereocenters. The molecule has 0 fully saturated rings. The molecule has 1 aromatic carbocycles. The first-order valence-corrected chi connectivity index (χ1v) is 5.86. The fourth-order valence-electron chi connectivity index (χ4n) is 1.23. The van der Waals surface area contributed by atoms with E-state index in [2.05, 4.69) is 25.9 Å². The fraction of sp³-hybridized carbons (Fsp3) is 0.0909. The first-order valence-electron chi connectivity index (χ1n) is 4.69. The molecule has 17 heavy (non-hydrogen) atoms. The first kappa shape index (κ1) is 12.3. The lowest BCUT2D eigenvalue weighted by molar-refractivity contribution is 0.456. The molecular formula is C11H7BrClFN2O. The highest BCUT2D eigenvalue weighted by Crippen LogP contribution is 2.29. The Bertz CT molecular complexity index is 545. The van der Waals surface area contributed by atoms with Gasteiger partial charge < -0.3 is 4.74 Å². The SMILES string of the molecule is Cc1cc(Oc2ccc(F)cc2Br)nc(Cl)n1. The van der Waals surface area contributed by atoms with Crippen molar-refractivity contribution in [2.75, 3.05) is 0 Å². The number of hydrogen-bond donors (Lipinski definition) is 0. The Morgan fingerprint density at radius 2 is 2.06 bits per heavy atom. The van der Waals surface area contributed by atoms with Crippen LogP contribution in [0, 0.1) is 12.7 Å². The standard InChI is InChI=1S/C11H7BrClFN2O/c1-6-4-10(16-11(13)15-6)17-9-3-2-7(14)5-8(9)12/h2-5H,1H3. The van der Waals surface area contributed by atoms with Gasteiger partial charge in [0.1, 0.15) is 11.6 Å². The lowest BCUT2D eigenvalue weighted by atomic mass is 10.3. The summed E-state index contributed by atoms with van der Waals surface area (Å²) < 4.78 is 18.9. The zero-order valence-electron chi connectivity index (χ0n) is 8.75. The van der Waals surface area contributed by atoms with Gasteiger partial charge in [-0.3, -0.25) is 0 Å². The Morgan fingerprint density at radius 3 is 2.71 bits per heavy atom. The quantitative estimate of drug-likeness (QED) is 0.781. The van der Waals surface area contributed by atoms with Crippen LogP contribution in [0.1, 0.15) is 5.69 Å². The molecule has 0 saturated carbocycles. The smallest absolute Gasteiger partial charge is 0.225 e. The van der Waals surface area contributed by atoms with E-state index in [0.29, 0.717) is 21.8 Å². The van der Waals surface area contributed by atoms with E-state index < -0.39 is 0 Å². The van der Waals surface area contributed by atoms with Crippen LogP contribution in [0.25, 0.3) is 0 Å². The van der Waals surface area contributed by atoms with Crippen molar-refractivity contribution in [3.63, 3.8) is 0 Å². The summed E-state index contributed by atoms with van der Waals surface area (Å²) in [7, 11) is 0. The van der Waals surface area contributed by atoms with E-state index in [1.807, 2.05) is 0 Å². The van der Waals surface area contributed by atoms with Gasteiger partial charge in [0.25, 0.3) is 0 Å². The summed E-state index contributed by atoms with van der Waals surface area (Å²) in [4.78, 5) is 7.83. The van der Waals surface area contributed by atoms with E-state index in [-0.39, 0.29) is 11.1 Å². The predicted octanol–water partition coefficient (Wildman–Crippen LogP) is 4.13. The van der Waals surface area contributed by atoms with Crippen molar-refractivity contribution in [3.8, 4) is 11.6 Å². The van der Waals surface area contributed by atoms with Gasteiger partial charge in [0.05, 0.1) is 4.47 Å². The molecule has 0 aliphatic carbocycles. The van der Waals surface area contributed by atoms with Crippen molar-refractivity contribution in [2.24, 2.45) is 0 Å². The fourth-order valence-corrected chi connectivity index (χ4v) is 1.88. The molecule has 0 aliphatic rings. The Balaban J connectivity index is 2.31. The number of ether oxygens (including phenoxy) is 1. The van der Waals surface area contributed by atoms with Crippen LogP contribution < -0.4 is 4.74 Å². The molecule has 0 spiro atoms. The van der Waals surface area contributed by atoms with E-state index in [1.165, 1.54) is 18.2 Å². The van der Waals surface area contributed by atoms with Crippen LogP contribution in [-0.4, -0.2) is 9.97 Å². The van der Waals surface area contributed by atoms with Crippen molar-refractivity contribution in [2.45, 2.75) is 6.92 Å². The molecule has 1 aromatic heterocycles. The Morgan fingerprint density at radius 1 is 1.29 bits per heavy atom. The molecular weight excluding hydrogens is 310 g/mol. The highest BCUT2D eigenvalue weighted by Gasteiger charge is 2.06. The average molecular weight is 318 g/mol. The Hall–Kier alpha value is -1.20. The molecule has 0 unspecified atom stereocenters. The molecule has 2 rings (SSSR count). The molecule has 0 aliphatic heterocycles. The van der Waals surface area contributed by atoms with Gasteiger partial charge in [-0.1, -0.05) is 0 Å². The monoisotopic (exact) mass is 316 g/mol. The van der Waals surface area contributed by atoms with Gasteiger partial charge in [-0.25, -0.2) is 9.37 Å². The van der Waals surface area contributed by atoms with E-state index in [0.717, 1.165) is 0 Å². The number of rotatable bonds is 2. The van der Waals surface area contributed by atoms with Gasteiger partial charge in [-0.15, -0.1) is 0 Å². The molecule has 88 valence electrons. The number of hydrogen-bond acceptors (Lipinski definition) is 3. The second-order valence-electron chi connectivity index (χ2n) is 3.29. The van der Waals surface area contributed by atoms with Crippen molar-refractivity contribution in [1.82, 2.24) is 9.97 Å². The molecule has 0 N–H and O–H groups in total. The van der Waals surface area contributed by atoms with Crippen LogP contribution in [0.3, 0.4) is 0 Å². The second kappa shape index (κ2) is 4.98. The summed E-state index contributed by atoms with van der Waals surface area (Å²) in [5.41, 5.74) is 0.693. The number of nitrogens with zero attached hydrogens (tertiary/aromatic N) is 2. The maximum Gasteiger partial charge on any atom is 0.225 e. The average Bonchev–Trinajstić information content (AvgIpc) is 2.21.